The van der Waals surface area contributed by atoms with Crippen molar-refractivity contribution in [3.8, 4) is 11.5 Å². The van der Waals surface area contributed by atoms with Gasteiger partial charge in [-0.25, -0.2) is 26.7 Å². The third-order valence-electron chi connectivity index (χ3n) is 3.56. The maximum absolute atomic E-state index is 13.5. The Morgan fingerprint density at radius 2 is 1.57 bits per heavy atom. The maximum atomic E-state index is 13.5. The van der Waals surface area contributed by atoms with Crippen LogP contribution in [0.25, 0.3) is 6.08 Å². The lowest BCUT2D eigenvalue weighted by Gasteiger charge is -2.09. The molecule has 0 saturated carbocycles. The van der Waals surface area contributed by atoms with Crippen LogP contribution in [-0.4, -0.2) is 19.7 Å². The van der Waals surface area contributed by atoms with Crippen molar-refractivity contribution < 1.29 is 41.0 Å². The van der Waals surface area contributed by atoms with Crippen LogP contribution in [0, 0.1) is 29.1 Å². The van der Waals surface area contributed by atoms with Crippen molar-refractivity contribution >= 4 is 12.0 Å². The Kier molecular flexibility index (Phi) is 6.97. The molecule has 2 aromatic carbocycles. The molecule has 0 N–H and O–H groups in total. The maximum Gasteiger partial charge on any atom is 0.331 e. The summed E-state index contributed by atoms with van der Waals surface area (Å²) >= 11 is 0. The highest BCUT2D eigenvalue weighted by Gasteiger charge is 2.26. The number of ether oxygens (including phenoxy) is 3. The van der Waals surface area contributed by atoms with E-state index in [9.17, 15) is 26.7 Å². The van der Waals surface area contributed by atoms with Gasteiger partial charge in [-0.05, 0) is 30.7 Å². The second kappa shape index (κ2) is 9.20. The van der Waals surface area contributed by atoms with Crippen LogP contribution in [0.4, 0.5) is 22.0 Å². The highest BCUT2D eigenvalue weighted by Crippen LogP contribution is 2.28. The van der Waals surface area contributed by atoms with E-state index < -0.39 is 47.2 Å². The number of halogens is 5. The van der Waals surface area contributed by atoms with E-state index in [4.69, 9.17) is 9.47 Å². The first-order valence-electron chi connectivity index (χ1n) is 7.96. The zero-order valence-corrected chi connectivity index (χ0v) is 14.8. The van der Waals surface area contributed by atoms with Crippen molar-refractivity contribution in [3.63, 3.8) is 0 Å². The molecule has 0 saturated heterocycles. The van der Waals surface area contributed by atoms with Crippen molar-refractivity contribution in [1.82, 2.24) is 0 Å². The molecule has 0 bridgehead atoms. The summed E-state index contributed by atoms with van der Waals surface area (Å²) in [5, 5.41) is 0. The number of hydrogen-bond acceptors (Lipinski definition) is 4. The molecule has 0 aliphatic rings. The molecule has 0 amide bonds. The molecule has 0 unspecified atom stereocenters. The Morgan fingerprint density at radius 3 is 2.14 bits per heavy atom. The van der Waals surface area contributed by atoms with Crippen molar-refractivity contribution in [1.29, 1.82) is 0 Å². The number of carbonyl (C=O) groups excluding carboxylic acids is 1. The summed E-state index contributed by atoms with van der Waals surface area (Å²) in [5.41, 5.74) is -0.714. The monoisotopic (exact) mass is 402 g/mol. The van der Waals surface area contributed by atoms with Crippen LogP contribution in [0.3, 0.4) is 0 Å². The lowest BCUT2D eigenvalue weighted by molar-refractivity contribution is -0.139. The summed E-state index contributed by atoms with van der Waals surface area (Å²) in [6.07, 6.45) is 2.25. The largest absolute Gasteiger partial charge is 0.493 e. The SMILES string of the molecule is CCOc1ccc(C=CC(=O)OCc2c(F)c(F)c(F)c(F)c2F)cc1OC. The van der Waals surface area contributed by atoms with Crippen LogP contribution in [0.1, 0.15) is 18.1 Å². The fourth-order valence-electron chi connectivity index (χ4n) is 2.20. The van der Waals surface area contributed by atoms with E-state index in [0.29, 0.717) is 23.7 Å². The molecular formula is C19H15F5O4. The Balaban J connectivity index is 2.09. The van der Waals surface area contributed by atoms with E-state index in [-0.39, 0.29) is 0 Å². The summed E-state index contributed by atoms with van der Waals surface area (Å²) in [4.78, 5) is 11.7. The van der Waals surface area contributed by atoms with Gasteiger partial charge in [0.15, 0.2) is 34.8 Å². The normalized spacial score (nSPS) is 11.0. The molecule has 0 radical (unpaired) electrons. The zero-order chi connectivity index (χ0) is 20.8. The summed E-state index contributed by atoms with van der Waals surface area (Å²) in [7, 11) is 1.43. The Morgan fingerprint density at radius 1 is 0.964 bits per heavy atom. The second-order valence-corrected chi connectivity index (χ2v) is 5.33. The van der Waals surface area contributed by atoms with E-state index in [1.807, 2.05) is 0 Å². The van der Waals surface area contributed by atoms with Gasteiger partial charge in [-0.3, -0.25) is 0 Å². The molecule has 0 heterocycles. The van der Waals surface area contributed by atoms with Crippen molar-refractivity contribution in [3.05, 3.63) is 64.5 Å². The van der Waals surface area contributed by atoms with Gasteiger partial charge in [0.2, 0.25) is 5.82 Å². The first kappa shape index (κ1) is 21.2. The molecule has 9 heteroatoms. The van der Waals surface area contributed by atoms with Gasteiger partial charge in [-0.2, -0.15) is 0 Å². The number of benzene rings is 2. The molecule has 2 aromatic rings. The first-order valence-corrected chi connectivity index (χ1v) is 7.96. The third kappa shape index (κ3) is 4.59. The minimum atomic E-state index is -2.28. The van der Waals surface area contributed by atoms with Crippen LogP contribution >= 0.6 is 0 Å². The minimum Gasteiger partial charge on any atom is -0.493 e. The quantitative estimate of drug-likeness (QED) is 0.224. The average Bonchev–Trinajstić information content (AvgIpc) is 2.70. The van der Waals surface area contributed by atoms with E-state index in [0.717, 1.165) is 6.08 Å². The predicted molar refractivity (Wildman–Crippen MR) is 89.2 cm³/mol. The van der Waals surface area contributed by atoms with E-state index in [1.54, 1.807) is 25.1 Å². The van der Waals surface area contributed by atoms with Crippen LogP contribution < -0.4 is 9.47 Å². The molecule has 0 aliphatic heterocycles. The van der Waals surface area contributed by atoms with Crippen molar-refractivity contribution in [2.75, 3.05) is 13.7 Å². The molecule has 0 atom stereocenters. The fraction of sp³-hybridized carbons (Fsp3) is 0.211. The molecule has 4 nitrogen and oxygen atoms in total. The Labute approximate surface area is 157 Å². The summed E-state index contributed by atoms with van der Waals surface area (Å²) < 4.78 is 81.3. The summed E-state index contributed by atoms with van der Waals surface area (Å²) in [5.74, 6) is -10.7. The first-order chi connectivity index (χ1) is 13.3. The lowest BCUT2D eigenvalue weighted by Crippen LogP contribution is -2.10. The van der Waals surface area contributed by atoms with Gasteiger partial charge in [-0.15, -0.1) is 0 Å². The summed E-state index contributed by atoms with van der Waals surface area (Å²) in [6.45, 7) is 1.10. The van der Waals surface area contributed by atoms with Gasteiger partial charge < -0.3 is 14.2 Å². The highest BCUT2D eigenvalue weighted by atomic mass is 19.2. The molecular weight excluding hydrogens is 387 g/mol. The minimum absolute atomic E-state index is 0.416. The van der Waals surface area contributed by atoms with Crippen LogP contribution in [-0.2, 0) is 16.1 Å². The van der Waals surface area contributed by atoms with Gasteiger partial charge in [0.1, 0.15) is 6.61 Å². The Bertz CT molecular complexity index is 883. The van der Waals surface area contributed by atoms with Crippen LogP contribution in [0.5, 0.6) is 11.5 Å². The van der Waals surface area contributed by atoms with Gasteiger partial charge in [0.25, 0.3) is 0 Å². The van der Waals surface area contributed by atoms with Crippen LogP contribution in [0.15, 0.2) is 24.3 Å². The molecule has 0 aliphatic carbocycles. The van der Waals surface area contributed by atoms with Gasteiger partial charge in [0, 0.05) is 6.08 Å². The van der Waals surface area contributed by atoms with Gasteiger partial charge in [0.05, 0.1) is 19.3 Å². The van der Waals surface area contributed by atoms with E-state index in [1.165, 1.54) is 13.2 Å². The topological polar surface area (TPSA) is 44.8 Å². The molecule has 0 spiro atoms. The highest BCUT2D eigenvalue weighted by molar-refractivity contribution is 5.87. The standard InChI is InChI=1S/C19H15F5O4/c1-3-27-12-6-4-10(8-13(12)26-2)5-7-14(25)28-9-11-15(20)17(22)19(24)18(23)16(11)21/h4-8H,3,9H2,1-2H3. The predicted octanol–water partition coefficient (Wildman–Crippen LogP) is 4.55. The molecule has 28 heavy (non-hydrogen) atoms. The third-order valence-corrected chi connectivity index (χ3v) is 3.56. The molecule has 2 rings (SSSR count). The van der Waals surface area contributed by atoms with Crippen molar-refractivity contribution in [2.45, 2.75) is 13.5 Å². The summed E-state index contributed by atoms with van der Waals surface area (Å²) in [6, 6.07) is 4.79. The Hall–Kier alpha value is -3.10. The fourth-order valence-corrected chi connectivity index (χ4v) is 2.20. The van der Waals surface area contributed by atoms with Gasteiger partial charge >= 0.3 is 5.97 Å². The zero-order valence-electron chi connectivity index (χ0n) is 14.8. The number of methoxy groups -OCH3 is 1. The lowest BCUT2D eigenvalue weighted by atomic mass is 10.2. The van der Waals surface area contributed by atoms with Crippen LogP contribution in [0.2, 0.25) is 0 Å². The number of carbonyl (C=O) groups is 1. The molecule has 0 fully saturated rings. The van der Waals surface area contributed by atoms with E-state index >= 15 is 0 Å². The van der Waals surface area contributed by atoms with E-state index in [2.05, 4.69) is 4.74 Å². The number of hydrogen-bond donors (Lipinski definition) is 0. The molecule has 0 aromatic heterocycles. The number of rotatable bonds is 7. The van der Waals surface area contributed by atoms with Crippen molar-refractivity contribution in [2.24, 2.45) is 0 Å². The smallest absolute Gasteiger partial charge is 0.331 e. The second-order valence-electron chi connectivity index (χ2n) is 5.33. The average molecular weight is 402 g/mol. The van der Waals surface area contributed by atoms with Gasteiger partial charge in [-0.1, -0.05) is 6.07 Å². The number of esters is 1. The molecule has 150 valence electrons.